The van der Waals surface area contributed by atoms with E-state index in [4.69, 9.17) is 16.9 Å². The van der Waals surface area contributed by atoms with Crippen LogP contribution in [-0.4, -0.2) is 113 Å². The van der Waals surface area contributed by atoms with Gasteiger partial charge in [0.2, 0.25) is 0 Å². The summed E-state index contributed by atoms with van der Waals surface area (Å²) in [5.41, 5.74) is 11.5. The first-order valence-corrected chi connectivity index (χ1v) is 16.8. The molecule has 0 aromatic heterocycles. The van der Waals surface area contributed by atoms with Gasteiger partial charge in [-0.2, -0.15) is 0 Å². The van der Waals surface area contributed by atoms with Gasteiger partial charge in [0.25, 0.3) is 0 Å². The van der Waals surface area contributed by atoms with Crippen LogP contribution in [0.2, 0.25) is 11.2 Å². The summed E-state index contributed by atoms with van der Waals surface area (Å²) in [6.07, 6.45) is 0.557. The van der Waals surface area contributed by atoms with Gasteiger partial charge in [-0.05, 0) is 6.92 Å². The minimum absolute atomic E-state index is 0.0310. The average molecular weight is 637 g/mol. The van der Waals surface area contributed by atoms with Gasteiger partial charge >= 0.3 is 191 Å². The zero-order valence-electron chi connectivity index (χ0n) is 25.0. The van der Waals surface area contributed by atoms with Gasteiger partial charge in [-0.25, -0.2) is 0 Å². The summed E-state index contributed by atoms with van der Waals surface area (Å²) >= 11 is -0.374. The van der Waals surface area contributed by atoms with Gasteiger partial charge < -0.3 is 20.4 Å². The number of carbonyl (C=O) groups is 2. The monoisotopic (exact) mass is 636 g/mol. The fourth-order valence-corrected chi connectivity index (χ4v) is 5.46. The Morgan fingerprint density at radius 1 is 0.878 bits per heavy atom. The summed E-state index contributed by atoms with van der Waals surface area (Å²) in [6.45, 7) is 3.10. The summed E-state index contributed by atoms with van der Waals surface area (Å²) in [5, 5.41) is 61.6. The zero-order chi connectivity index (χ0) is 31.2. The molecule has 0 aromatic carbocycles. The normalized spacial score (nSPS) is 16.1. The Balaban J connectivity index is 4.57. The van der Waals surface area contributed by atoms with Crippen molar-refractivity contribution >= 4 is 17.8 Å². The Morgan fingerprint density at radius 3 is 2.12 bits per heavy atom. The maximum absolute atomic E-state index is 13.0. The fraction of sp³-hybridized carbons (Fsp3) is 0.885. The van der Waals surface area contributed by atoms with Gasteiger partial charge in [-0.1, -0.05) is 0 Å². The van der Waals surface area contributed by atoms with Crippen LogP contribution in [0.25, 0.3) is 0 Å². The number of nitrogens with one attached hydrogen (secondary N) is 6. The molecule has 0 aromatic rings. The zero-order valence-corrected chi connectivity index (χ0v) is 26.0. The van der Waals surface area contributed by atoms with Crippen molar-refractivity contribution in [1.29, 1.82) is 5.41 Å². The number of guanidine groups is 1. The SMILES string of the molecule is CNC(CCCCNCC(O)[C@H](O)[C@H](O)C(C)O)C(=O)NC(CCCCN)C(=O)N[CH2][Co]([CH3])[CH2]CCCNC(=N)N. The molecule has 15 heteroatoms. The second kappa shape index (κ2) is 23.9. The third-order valence-electron chi connectivity index (χ3n) is 6.51. The number of nitrogens with two attached hydrogens (primary N) is 2. The van der Waals surface area contributed by atoms with E-state index < -0.39 is 36.5 Å². The van der Waals surface area contributed by atoms with E-state index in [0.717, 1.165) is 31.0 Å². The van der Waals surface area contributed by atoms with Crippen LogP contribution in [0, 0.1) is 5.41 Å². The summed E-state index contributed by atoms with van der Waals surface area (Å²) in [4.78, 5) is 26.0. The summed E-state index contributed by atoms with van der Waals surface area (Å²) < 4.78 is 0. The molecular weight excluding hydrogens is 579 g/mol. The molecule has 0 fully saturated rings. The molecule has 0 spiro atoms. The Kier molecular flexibility index (Phi) is 23.0. The van der Waals surface area contributed by atoms with Crippen LogP contribution < -0.4 is 38.1 Å². The first-order valence-electron chi connectivity index (χ1n) is 14.3. The van der Waals surface area contributed by atoms with Gasteiger partial charge in [-0.3, -0.25) is 0 Å². The molecule has 2 amide bonds. The predicted molar refractivity (Wildman–Crippen MR) is 157 cm³/mol. The molecule has 14 nitrogen and oxygen atoms in total. The summed E-state index contributed by atoms with van der Waals surface area (Å²) in [7, 11) is 1.70. The number of aliphatic hydroxyl groups excluding tert-OH is 4. The number of rotatable bonds is 25. The maximum atomic E-state index is 13.0. The molecule has 0 aliphatic rings. The first-order chi connectivity index (χ1) is 19.4. The number of amides is 2. The molecule has 6 atom stereocenters. The molecule has 0 bridgehead atoms. The Bertz CT molecular complexity index is 723. The molecule has 4 unspecified atom stereocenters. The van der Waals surface area contributed by atoms with Gasteiger partial charge in [0.15, 0.2) is 0 Å². The van der Waals surface area contributed by atoms with Crippen molar-refractivity contribution in [2.75, 3.05) is 38.7 Å². The predicted octanol–water partition coefficient (Wildman–Crippen LogP) is -2.17. The van der Waals surface area contributed by atoms with E-state index >= 15 is 0 Å². The van der Waals surface area contributed by atoms with E-state index in [0.29, 0.717) is 50.8 Å². The molecule has 0 saturated heterocycles. The molecule has 41 heavy (non-hydrogen) atoms. The minimum atomic E-state index is -1.46. The van der Waals surface area contributed by atoms with Crippen LogP contribution in [0.15, 0.2) is 0 Å². The van der Waals surface area contributed by atoms with Gasteiger partial charge in [0.1, 0.15) is 12.2 Å². The van der Waals surface area contributed by atoms with Crippen LogP contribution in [0.1, 0.15) is 58.3 Å². The van der Waals surface area contributed by atoms with Crippen molar-refractivity contribution in [3.63, 3.8) is 0 Å². The standard InChI is InChI=1S/C20H42N5O6.C5H12N3.CH3.Co/c1-13(26)17(28)18(29)16(27)12-24-11-7-5-8-14(22-2)20(31)25-15(19(30)23-3)9-4-6-10-21;1-2-3-4-8-5(6)7;;/h13-18,22,24,26-29H,3-12,21H2,1-2H3,(H,23,30)(H,25,31);1-4H2,(H4,6,7,8);1H3;/t13?,14?,15?,16?,17-,18+;;;/m1.../s1. The van der Waals surface area contributed by atoms with Crippen LogP contribution in [-0.2, 0) is 23.2 Å². The van der Waals surface area contributed by atoms with E-state index in [2.05, 4.69) is 32.4 Å². The quantitative estimate of drug-likeness (QED) is 0.0292. The van der Waals surface area contributed by atoms with E-state index in [1.165, 1.54) is 6.92 Å². The second-order valence-electron chi connectivity index (χ2n) is 10.2. The number of aliphatic hydroxyl groups is 4. The van der Waals surface area contributed by atoms with Crippen LogP contribution in [0.4, 0.5) is 0 Å². The van der Waals surface area contributed by atoms with E-state index in [-0.39, 0.29) is 38.0 Å². The Labute approximate surface area is 249 Å². The molecule has 246 valence electrons. The molecule has 0 rings (SSSR count). The Morgan fingerprint density at radius 2 is 1.51 bits per heavy atom. The third-order valence-corrected chi connectivity index (χ3v) is 8.58. The molecule has 0 saturated carbocycles. The molecule has 14 N–H and O–H groups in total. The van der Waals surface area contributed by atoms with Gasteiger partial charge in [-0.15, -0.1) is 0 Å². The number of unbranched alkanes of at least 4 members (excludes halogenated alkanes) is 3. The third kappa shape index (κ3) is 19.3. The molecule has 0 radical (unpaired) electrons. The van der Waals surface area contributed by atoms with Gasteiger partial charge in [0.05, 0.1) is 12.2 Å². The van der Waals surface area contributed by atoms with Crippen molar-refractivity contribution in [2.24, 2.45) is 11.5 Å². The molecular formula is C26H57CoN8O6. The number of likely N-dealkylation sites (N-methyl/N-ethyl adjacent to an activating group) is 1. The summed E-state index contributed by atoms with van der Waals surface area (Å²) in [5.74, 6) is 1.66. The molecule has 0 aliphatic carbocycles. The van der Waals surface area contributed by atoms with Crippen LogP contribution >= 0.6 is 0 Å². The Hall–Kier alpha value is -1.56. The van der Waals surface area contributed by atoms with Crippen LogP contribution in [0.5, 0.6) is 0 Å². The van der Waals surface area contributed by atoms with Crippen LogP contribution in [0.3, 0.4) is 0 Å². The van der Waals surface area contributed by atoms with Gasteiger partial charge in [0, 0.05) is 6.54 Å². The van der Waals surface area contributed by atoms with Crippen molar-refractivity contribution in [3.05, 3.63) is 0 Å². The second-order valence-corrected chi connectivity index (χ2v) is 13.1. The molecule has 0 aliphatic heterocycles. The number of hydrogen-bond donors (Lipinski definition) is 12. The molecule has 0 heterocycles. The topological polar surface area (TPSA) is 251 Å². The van der Waals surface area contributed by atoms with E-state index in [9.17, 15) is 30.0 Å². The average Bonchev–Trinajstić information content (AvgIpc) is 2.93. The van der Waals surface area contributed by atoms with E-state index in [1.807, 2.05) is 0 Å². The summed E-state index contributed by atoms with van der Waals surface area (Å²) in [6, 6.07) is -1.11. The van der Waals surface area contributed by atoms with E-state index in [1.54, 1.807) is 7.05 Å². The first kappa shape index (κ1) is 39.4. The fourth-order valence-electron chi connectivity index (χ4n) is 3.90. The number of hydrogen-bond acceptors (Lipinski definition) is 10. The number of carbonyl (C=O) groups excluding carboxylic acids is 2. The van der Waals surface area contributed by atoms with Crippen molar-refractivity contribution in [3.8, 4) is 0 Å². The van der Waals surface area contributed by atoms with Crippen molar-refractivity contribution in [1.82, 2.24) is 26.6 Å². The van der Waals surface area contributed by atoms with Crippen molar-refractivity contribution in [2.45, 2.75) is 106 Å². The van der Waals surface area contributed by atoms with Crippen molar-refractivity contribution < 1.29 is 43.7 Å².